The van der Waals surface area contributed by atoms with Gasteiger partial charge in [0.2, 0.25) is 0 Å². The molecular weight excluding hydrogens is 617 g/mol. The summed E-state index contributed by atoms with van der Waals surface area (Å²) in [6, 6.07) is 56.6. The van der Waals surface area contributed by atoms with Crippen LogP contribution in [-0.2, 0) is 0 Å². The van der Waals surface area contributed by atoms with Crippen LogP contribution in [0.25, 0.3) is 108 Å². The predicted octanol–water partition coefficient (Wildman–Crippen LogP) is 14.0. The van der Waals surface area contributed by atoms with Crippen LogP contribution in [0.3, 0.4) is 0 Å². The molecule has 2 nitrogen and oxygen atoms in total. The standard InChI is InChI=1S/C46H26O2S/c1-2-11-27(12-3-1)45-38-25-36-31-15-6-8-19-39(31)47-40(36)26-41(38)48-46(45)34-18-10-17-33-35(34)23-28-13-4-5-14-30(28)44(33)29-21-22-43-37(24-29)32-16-7-9-20-42(32)49-43/h1-26H. The first-order chi connectivity index (χ1) is 24.3. The fourth-order valence-electron chi connectivity index (χ4n) is 7.88. The quantitative estimate of drug-likeness (QED) is 0.179. The normalized spacial score (nSPS) is 12.1. The van der Waals surface area contributed by atoms with Crippen LogP contribution >= 0.6 is 11.3 Å². The second kappa shape index (κ2) is 10.2. The molecular formula is C46H26O2S. The van der Waals surface area contributed by atoms with Crippen LogP contribution in [-0.4, -0.2) is 0 Å². The smallest absolute Gasteiger partial charge is 0.143 e. The molecule has 0 atom stereocenters. The van der Waals surface area contributed by atoms with E-state index >= 15 is 0 Å². The van der Waals surface area contributed by atoms with Gasteiger partial charge in [0.1, 0.15) is 22.5 Å². The predicted molar refractivity (Wildman–Crippen MR) is 208 cm³/mol. The van der Waals surface area contributed by atoms with E-state index in [4.69, 9.17) is 8.83 Å². The van der Waals surface area contributed by atoms with Gasteiger partial charge in [0, 0.05) is 53.5 Å². The molecule has 0 saturated carbocycles. The van der Waals surface area contributed by atoms with E-state index in [0.717, 1.165) is 60.7 Å². The highest BCUT2D eigenvalue weighted by Gasteiger charge is 2.23. The van der Waals surface area contributed by atoms with E-state index in [1.165, 1.54) is 47.5 Å². The summed E-state index contributed by atoms with van der Waals surface area (Å²) in [4.78, 5) is 0. The first-order valence-electron chi connectivity index (χ1n) is 16.6. The lowest BCUT2D eigenvalue weighted by Gasteiger charge is -2.15. The van der Waals surface area contributed by atoms with Gasteiger partial charge in [-0.2, -0.15) is 0 Å². The van der Waals surface area contributed by atoms with Gasteiger partial charge in [-0.3, -0.25) is 0 Å². The Bertz CT molecular complexity index is 3100. The number of hydrogen-bond donors (Lipinski definition) is 0. The molecule has 0 spiro atoms. The summed E-state index contributed by atoms with van der Waals surface area (Å²) in [6.07, 6.45) is 0. The number of benzene rings is 8. The largest absolute Gasteiger partial charge is 0.456 e. The van der Waals surface area contributed by atoms with Crippen LogP contribution in [0.2, 0.25) is 0 Å². The lowest BCUT2D eigenvalue weighted by Crippen LogP contribution is -1.89. The lowest BCUT2D eigenvalue weighted by molar-refractivity contribution is 0.629. The summed E-state index contributed by atoms with van der Waals surface area (Å²) in [7, 11) is 0. The van der Waals surface area contributed by atoms with Crippen molar-refractivity contribution in [1.29, 1.82) is 0 Å². The number of hydrogen-bond acceptors (Lipinski definition) is 3. The van der Waals surface area contributed by atoms with Gasteiger partial charge in [0.25, 0.3) is 0 Å². The van der Waals surface area contributed by atoms with E-state index in [-0.39, 0.29) is 0 Å². The van der Waals surface area contributed by atoms with Crippen LogP contribution in [0.4, 0.5) is 0 Å². The van der Waals surface area contributed by atoms with E-state index in [0.29, 0.717) is 0 Å². The molecule has 0 bridgehead atoms. The van der Waals surface area contributed by atoms with Gasteiger partial charge in [-0.25, -0.2) is 0 Å². The average Bonchev–Trinajstić information content (AvgIpc) is 3.83. The van der Waals surface area contributed by atoms with Gasteiger partial charge in [-0.1, -0.05) is 115 Å². The van der Waals surface area contributed by atoms with E-state index in [9.17, 15) is 0 Å². The Balaban J connectivity index is 1.23. The van der Waals surface area contributed by atoms with E-state index < -0.39 is 0 Å². The van der Waals surface area contributed by atoms with Crippen molar-refractivity contribution in [3.05, 3.63) is 158 Å². The number of rotatable bonds is 3. The SMILES string of the molecule is c1ccc(-c2c(-c3cccc4c(-c5ccc6sc7ccccc7c6c5)c5ccccc5cc34)oc3cc4oc5ccccc5c4cc23)cc1. The summed E-state index contributed by atoms with van der Waals surface area (Å²) >= 11 is 1.86. The van der Waals surface area contributed by atoms with Gasteiger partial charge in [-0.15, -0.1) is 11.3 Å². The first kappa shape index (κ1) is 26.9. The highest BCUT2D eigenvalue weighted by Crippen LogP contribution is 2.48. The molecule has 228 valence electrons. The molecule has 3 heterocycles. The molecule has 3 heteroatoms. The summed E-state index contributed by atoms with van der Waals surface area (Å²) in [5.41, 5.74) is 8.28. The third-order valence-corrected chi connectivity index (χ3v) is 11.2. The highest BCUT2D eigenvalue weighted by atomic mass is 32.1. The molecule has 0 aliphatic carbocycles. The highest BCUT2D eigenvalue weighted by molar-refractivity contribution is 7.25. The molecule has 0 radical (unpaired) electrons. The maximum absolute atomic E-state index is 6.95. The Morgan fingerprint density at radius 3 is 2.00 bits per heavy atom. The average molecular weight is 643 g/mol. The summed E-state index contributed by atoms with van der Waals surface area (Å²) < 4.78 is 15.9. The minimum atomic E-state index is 0.813. The molecule has 11 rings (SSSR count). The second-order valence-corrected chi connectivity index (χ2v) is 13.9. The second-order valence-electron chi connectivity index (χ2n) is 12.8. The zero-order valence-electron chi connectivity index (χ0n) is 26.2. The van der Waals surface area contributed by atoms with Gasteiger partial charge < -0.3 is 8.83 Å². The summed E-state index contributed by atoms with van der Waals surface area (Å²) in [6.45, 7) is 0. The number of furan rings is 2. The molecule has 0 saturated heterocycles. The fraction of sp³-hybridized carbons (Fsp3) is 0. The van der Waals surface area contributed by atoms with E-state index in [1.54, 1.807) is 0 Å². The molecule has 3 aromatic heterocycles. The number of thiophene rings is 1. The Kier molecular flexibility index (Phi) is 5.57. The van der Waals surface area contributed by atoms with Crippen molar-refractivity contribution in [2.24, 2.45) is 0 Å². The Hall–Kier alpha value is -6.16. The van der Waals surface area contributed by atoms with Crippen molar-refractivity contribution in [2.75, 3.05) is 0 Å². The van der Waals surface area contributed by atoms with Crippen LogP contribution in [0, 0.1) is 0 Å². The van der Waals surface area contributed by atoms with Crippen molar-refractivity contribution < 1.29 is 8.83 Å². The molecule has 0 aliphatic rings. The molecule has 0 fully saturated rings. The molecule has 0 unspecified atom stereocenters. The van der Waals surface area contributed by atoms with E-state index in [2.05, 4.69) is 146 Å². The van der Waals surface area contributed by atoms with Crippen molar-refractivity contribution in [2.45, 2.75) is 0 Å². The van der Waals surface area contributed by atoms with Crippen LogP contribution in [0.5, 0.6) is 0 Å². The van der Waals surface area contributed by atoms with Crippen molar-refractivity contribution in [3.63, 3.8) is 0 Å². The third-order valence-electron chi connectivity index (χ3n) is 10.1. The monoisotopic (exact) mass is 642 g/mol. The molecule has 0 aliphatic heterocycles. The molecule has 0 amide bonds. The Morgan fingerprint density at radius 2 is 1.08 bits per heavy atom. The van der Waals surface area contributed by atoms with Gasteiger partial charge in [-0.05, 0) is 74.6 Å². The number of fused-ring (bicyclic) bond motifs is 9. The van der Waals surface area contributed by atoms with Crippen LogP contribution in [0.1, 0.15) is 0 Å². The molecule has 8 aromatic carbocycles. The van der Waals surface area contributed by atoms with Crippen LogP contribution < -0.4 is 0 Å². The minimum absolute atomic E-state index is 0.813. The first-order valence-corrected chi connectivity index (χ1v) is 17.4. The Morgan fingerprint density at radius 1 is 0.347 bits per heavy atom. The maximum atomic E-state index is 6.95. The Labute approximate surface area is 285 Å². The van der Waals surface area contributed by atoms with Crippen molar-refractivity contribution in [1.82, 2.24) is 0 Å². The maximum Gasteiger partial charge on any atom is 0.143 e. The van der Waals surface area contributed by atoms with E-state index in [1.807, 2.05) is 23.5 Å². The zero-order valence-corrected chi connectivity index (χ0v) is 27.1. The van der Waals surface area contributed by atoms with Crippen molar-refractivity contribution >= 4 is 86.0 Å². The fourth-order valence-corrected chi connectivity index (χ4v) is 8.96. The molecule has 11 aromatic rings. The summed E-state index contributed by atoms with van der Waals surface area (Å²) in [5, 5.41) is 10.7. The third kappa shape index (κ3) is 3.94. The van der Waals surface area contributed by atoms with Gasteiger partial charge in [0.15, 0.2) is 0 Å². The zero-order chi connectivity index (χ0) is 32.1. The molecule has 49 heavy (non-hydrogen) atoms. The van der Waals surface area contributed by atoms with Gasteiger partial charge >= 0.3 is 0 Å². The van der Waals surface area contributed by atoms with Gasteiger partial charge in [0.05, 0.1) is 0 Å². The van der Waals surface area contributed by atoms with Crippen LogP contribution in [0.15, 0.2) is 167 Å². The van der Waals surface area contributed by atoms with Crippen molar-refractivity contribution in [3.8, 4) is 33.6 Å². The molecule has 0 N–H and O–H groups in total. The topological polar surface area (TPSA) is 26.3 Å². The summed E-state index contributed by atoms with van der Waals surface area (Å²) in [5.74, 6) is 0.865. The minimum Gasteiger partial charge on any atom is -0.456 e. The number of para-hydroxylation sites is 1. The lowest BCUT2D eigenvalue weighted by atomic mass is 9.88.